The molecule has 0 aliphatic carbocycles. The lowest BCUT2D eigenvalue weighted by molar-refractivity contribution is -0.729. The van der Waals surface area contributed by atoms with Gasteiger partial charge in [-0.25, -0.2) is 5.21 Å². The Morgan fingerprint density at radius 3 is 2.40 bits per heavy atom. The molecule has 1 aromatic carbocycles. The van der Waals surface area contributed by atoms with Crippen LogP contribution in [-0.2, 0) is 0 Å². The van der Waals surface area contributed by atoms with Gasteiger partial charge in [0.2, 0.25) is 0 Å². The van der Waals surface area contributed by atoms with Gasteiger partial charge in [-0.1, -0.05) is 12.1 Å². The highest BCUT2D eigenvalue weighted by atomic mass is 16.6. The van der Waals surface area contributed by atoms with Gasteiger partial charge in [-0.3, -0.25) is 0 Å². The Morgan fingerprint density at radius 1 is 1.40 bits per heavy atom. The third-order valence-electron chi connectivity index (χ3n) is 1.14. The summed E-state index contributed by atoms with van der Waals surface area (Å²) in [5.41, 5.74) is 5.66. The normalized spacial score (nSPS) is 9.20. The highest BCUT2D eigenvalue weighted by Crippen LogP contribution is 2.17. The molecule has 10 heavy (non-hydrogen) atoms. The van der Waals surface area contributed by atoms with Crippen molar-refractivity contribution in [3.8, 4) is 0 Å². The molecule has 0 saturated heterocycles. The zero-order chi connectivity index (χ0) is 7.56. The molecule has 52 valence electrons. The molecule has 0 atom stereocenters. The molecule has 4 heteroatoms. The second-order valence-electron chi connectivity index (χ2n) is 1.83. The molecule has 3 N–H and O–H groups in total. The quantitative estimate of drug-likeness (QED) is 0.451. The zero-order valence-electron chi connectivity index (χ0n) is 5.19. The van der Waals surface area contributed by atoms with Crippen LogP contribution in [0.2, 0.25) is 0 Å². The van der Waals surface area contributed by atoms with E-state index in [1.54, 1.807) is 12.1 Å². The first-order valence-corrected chi connectivity index (χ1v) is 2.72. The number of anilines is 1. The lowest BCUT2D eigenvalue weighted by Crippen LogP contribution is -1.96. The van der Waals surface area contributed by atoms with Crippen LogP contribution < -0.4 is 5.73 Å². The fourth-order valence-electron chi connectivity index (χ4n) is 0.662. The van der Waals surface area contributed by atoms with Crippen molar-refractivity contribution in [3.63, 3.8) is 0 Å². The van der Waals surface area contributed by atoms with Gasteiger partial charge in [0.1, 0.15) is 5.69 Å². The molecule has 0 fully saturated rings. The molecule has 0 heterocycles. The van der Waals surface area contributed by atoms with E-state index in [2.05, 4.69) is 0 Å². The molecule has 0 saturated carbocycles. The van der Waals surface area contributed by atoms with E-state index in [9.17, 15) is 4.91 Å². The molecule has 1 rings (SSSR count). The average molecular weight is 139 g/mol. The van der Waals surface area contributed by atoms with Crippen molar-refractivity contribution in [3.05, 3.63) is 29.2 Å². The van der Waals surface area contributed by atoms with Gasteiger partial charge in [0.25, 0.3) is 4.92 Å². The first-order chi connectivity index (χ1) is 4.72. The van der Waals surface area contributed by atoms with Gasteiger partial charge in [-0.05, 0) is 6.07 Å². The summed E-state index contributed by atoms with van der Waals surface area (Å²) in [7, 11) is 0. The minimum Gasteiger partial charge on any atom is -0.393 e. The minimum atomic E-state index is -0.255. The van der Waals surface area contributed by atoms with Crippen LogP contribution in [0.15, 0.2) is 24.3 Å². The van der Waals surface area contributed by atoms with Crippen molar-refractivity contribution < 1.29 is 10.1 Å². The Hall–Kier alpha value is -1.58. The van der Waals surface area contributed by atoms with E-state index in [0.29, 0.717) is 0 Å². The molecule has 1 aromatic rings. The Labute approximate surface area is 57.4 Å². The van der Waals surface area contributed by atoms with Crippen LogP contribution >= 0.6 is 0 Å². The Kier molecular flexibility index (Phi) is 1.53. The van der Waals surface area contributed by atoms with Crippen LogP contribution in [0.4, 0.5) is 11.4 Å². The van der Waals surface area contributed by atoms with Crippen molar-refractivity contribution >= 4 is 11.4 Å². The molecule has 0 unspecified atom stereocenters. The van der Waals surface area contributed by atoms with E-state index in [0.717, 1.165) is 0 Å². The predicted octanol–water partition coefficient (Wildman–Crippen LogP) is 1.07. The maximum atomic E-state index is 10.3. The number of nitrogen functional groups attached to an aromatic ring is 1. The SMILES string of the molecule is Nc1ccccc1[N+](=O)O. The van der Waals surface area contributed by atoms with Gasteiger partial charge < -0.3 is 5.73 Å². The summed E-state index contributed by atoms with van der Waals surface area (Å²) in [6, 6.07) is 6.27. The molecule has 0 aliphatic heterocycles. The number of hydrogen-bond acceptors (Lipinski definition) is 2. The lowest BCUT2D eigenvalue weighted by Gasteiger charge is -1.87. The van der Waals surface area contributed by atoms with Crippen LogP contribution in [0, 0.1) is 4.91 Å². The first kappa shape index (κ1) is 6.54. The van der Waals surface area contributed by atoms with Gasteiger partial charge >= 0.3 is 5.69 Å². The van der Waals surface area contributed by atoms with Gasteiger partial charge in [0, 0.05) is 6.07 Å². The second kappa shape index (κ2) is 2.34. The van der Waals surface area contributed by atoms with Crippen molar-refractivity contribution in [2.24, 2.45) is 0 Å². The lowest BCUT2D eigenvalue weighted by atomic mass is 10.3. The highest BCUT2D eigenvalue weighted by Gasteiger charge is 2.13. The van der Waals surface area contributed by atoms with E-state index in [1.165, 1.54) is 12.1 Å². The molecule has 0 radical (unpaired) electrons. The Balaban J connectivity index is 3.15. The van der Waals surface area contributed by atoms with Crippen molar-refractivity contribution in [2.75, 3.05) is 5.73 Å². The summed E-state index contributed by atoms with van der Waals surface area (Å²) >= 11 is 0. The van der Waals surface area contributed by atoms with Gasteiger partial charge in [-0.2, -0.15) is 0 Å². The van der Waals surface area contributed by atoms with Crippen LogP contribution in [0.1, 0.15) is 0 Å². The first-order valence-electron chi connectivity index (χ1n) is 2.72. The van der Waals surface area contributed by atoms with Crippen molar-refractivity contribution in [2.45, 2.75) is 0 Å². The molecule has 0 amide bonds. The number of nitrogens with two attached hydrogens (primary N) is 1. The van der Waals surface area contributed by atoms with Crippen LogP contribution in [-0.4, -0.2) is 10.1 Å². The summed E-state index contributed by atoms with van der Waals surface area (Å²) in [5.74, 6) is 0. The Bertz CT molecular complexity index is 260. The smallest absolute Gasteiger partial charge is 0.339 e. The number of nitrogens with zero attached hydrogens (tertiary/aromatic N) is 1. The number of benzene rings is 1. The monoisotopic (exact) mass is 139 g/mol. The molecule has 0 aliphatic rings. The summed E-state index contributed by atoms with van der Waals surface area (Å²) < 4.78 is 0. The largest absolute Gasteiger partial charge is 0.393 e. The summed E-state index contributed by atoms with van der Waals surface area (Å²) in [6.07, 6.45) is 0. The van der Waals surface area contributed by atoms with E-state index in [-0.39, 0.29) is 16.3 Å². The van der Waals surface area contributed by atoms with E-state index < -0.39 is 0 Å². The van der Waals surface area contributed by atoms with E-state index in [1.807, 2.05) is 0 Å². The predicted molar refractivity (Wildman–Crippen MR) is 35.9 cm³/mol. The number of rotatable bonds is 1. The number of hydrogen-bond donors (Lipinski definition) is 2. The van der Waals surface area contributed by atoms with E-state index in [4.69, 9.17) is 10.9 Å². The zero-order valence-corrected chi connectivity index (χ0v) is 5.19. The minimum absolute atomic E-state index is 0.0718. The summed E-state index contributed by atoms with van der Waals surface area (Å²) in [5, 5.41) is 8.40. The van der Waals surface area contributed by atoms with Crippen LogP contribution in [0.5, 0.6) is 0 Å². The fraction of sp³-hybridized carbons (Fsp3) is 0. The Morgan fingerprint density at radius 2 is 2.00 bits per heavy atom. The molecular formula is C6H7N2O2+. The van der Waals surface area contributed by atoms with Crippen molar-refractivity contribution in [1.29, 1.82) is 0 Å². The average Bonchev–Trinajstić information content (AvgIpc) is 1.88. The third-order valence-corrected chi connectivity index (χ3v) is 1.14. The summed E-state index contributed by atoms with van der Waals surface area (Å²) in [4.78, 5) is 10.0. The number of para-hydroxylation sites is 2. The molecular weight excluding hydrogens is 132 g/mol. The standard InChI is InChI=1S/C6H7N2O2/c7-5-3-1-2-4-6(5)8(9)10/h1-4H,7H2,(H,9,10)/q+1. The second-order valence-corrected chi connectivity index (χ2v) is 1.83. The maximum Gasteiger partial charge on any atom is 0.339 e. The van der Waals surface area contributed by atoms with Crippen LogP contribution in [0.3, 0.4) is 0 Å². The van der Waals surface area contributed by atoms with Gasteiger partial charge in [-0.15, -0.1) is 0 Å². The fourth-order valence-corrected chi connectivity index (χ4v) is 0.662. The third kappa shape index (κ3) is 1.05. The van der Waals surface area contributed by atoms with Gasteiger partial charge in [0.15, 0.2) is 0 Å². The maximum absolute atomic E-state index is 10.3. The molecule has 0 bridgehead atoms. The summed E-state index contributed by atoms with van der Waals surface area (Å²) in [6.45, 7) is 0. The molecule has 0 spiro atoms. The van der Waals surface area contributed by atoms with Gasteiger partial charge in [0.05, 0.1) is 4.91 Å². The van der Waals surface area contributed by atoms with E-state index >= 15 is 0 Å². The molecule has 0 aromatic heterocycles. The van der Waals surface area contributed by atoms with Crippen LogP contribution in [0.25, 0.3) is 0 Å². The topological polar surface area (TPSA) is 66.3 Å². The highest BCUT2D eigenvalue weighted by molar-refractivity contribution is 5.56. The molecule has 4 nitrogen and oxygen atoms in total. The van der Waals surface area contributed by atoms with Crippen molar-refractivity contribution in [1.82, 2.24) is 0 Å².